The summed E-state index contributed by atoms with van der Waals surface area (Å²) in [5, 5.41) is 16.2. The molecule has 3 aromatic heterocycles. The van der Waals surface area contributed by atoms with Crippen LogP contribution in [0, 0.1) is 23.0 Å². The van der Waals surface area contributed by atoms with Crippen molar-refractivity contribution in [2.45, 2.75) is 37.8 Å². The summed E-state index contributed by atoms with van der Waals surface area (Å²) in [6.07, 6.45) is 10.8. The first-order chi connectivity index (χ1) is 18.4. The predicted octanol–water partition coefficient (Wildman–Crippen LogP) is 5.27. The number of aryl methyl sites for hydroxylation is 1. The van der Waals surface area contributed by atoms with E-state index >= 15 is 0 Å². The highest BCUT2D eigenvalue weighted by molar-refractivity contribution is 14.2. The van der Waals surface area contributed by atoms with Gasteiger partial charge in [-0.15, -0.1) is 0 Å². The lowest BCUT2D eigenvalue weighted by Gasteiger charge is -2.29. The maximum atomic E-state index is 14.6. The van der Waals surface area contributed by atoms with Gasteiger partial charge in [0.05, 0.1) is 29.7 Å². The number of nitriles is 1. The molecule has 2 atom stereocenters. The highest BCUT2D eigenvalue weighted by Gasteiger charge is 2.23. The largest absolute Gasteiger partial charge is 0.365 e. The lowest BCUT2D eigenvalue weighted by atomic mass is 9.91. The van der Waals surface area contributed by atoms with Gasteiger partial charge in [-0.2, -0.15) is 5.26 Å². The summed E-state index contributed by atoms with van der Waals surface area (Å²) >= 11 is 2.05. The molecule has 13 heteroatoms. The fraction of sp³-hybridized carbons (Fsp3) is 0.320. The minimum atomic E-state index is -0.527. The van der Waals surface area contributed by atoms with Crippen molar-refractivity contribution < 1.29 is 13.6 Å². The van der Waals surface area contributed by atoms with Crippen LogP contribution < -0.4 is 10.6 Å². The van der Waals surface area contributed by atoms with Crippen LogP contribution in [0.5, 0.6) is 0 Å². The minimum Gasteiger partial charge on any atom is -0.365 e. The molecule has 1 saturated carbocycles. The zero-order valence-corrected chi connectivity index (χ0v) is 23.6. The van der Waals surface area contributed by atoms with E-state index in [-0.39, 0.29) is 23.2 Å². The number of anilines is 1. The Morgan fingerprint density at radius 2 is 2.00 bits per heavy atom. The first kappa shape index (κ1) is 27.9. The zero-order chi connectivity index (χ0) is 27.2. The van der Waals surface area contributed by atoms with Crippen LogP contribution in [0.15, 0.2) is 37.1 Å². The first-order valence-electron chi connectivity index (χ1n) is 11.8. The number of benzene rings is 1. The van der Waals surface area contributed by atoms with E-state index < -0.39 is 11.6 Å². The van der Waals surface area contributed by atoms with Gasteiger partial charge in [0.2, 0.25) is 0 Å². The molecule has 1 fully saturated rings. The molecule has 0 radical (unpaired) electrons. The maximum absolute atomic E-state index is 14.6. The van der Waals surface area contributed by atoms with Crippen molar-refractivity contribution >= 4 is 53.3 Å². The third-order valence-electron chi connectivity index (χ3n) is 6.28. The third kappa shape index (κ3) is 6.30. The number of fused-ring (bicyclic) bond motifs is 1. The van der Waals surface area contributed by atoms with Gasteiger partial charge in [-0.3, -0.25) is 8.77 Å². The molecule has 4 aromatic rings. The van der Waals surface area contributed by atoms with Crippen LogP contribution in [0.1, 0.15) is 41.7 Å². The molecule has 0 spiro atoms. The number of hydrogen-bond acceptors (Lipinski definition) is 8. The second kappa shape index (κ2) is 12.6. The molecule has 0 bridgehead atoms. The fourth-order valence-corrected chi connectivity index (χ4v) is 5.78. The van der Waals surface area contributed by atoms with Gasteiger partial charge in [0, 0.05) is 72.8 Å². The van der Waals surface area contributed by atoms with E-state index in [0.29, 0.717) is 28.2 Å². The van der Waals surface area contributed by atoms with Crippen LogP contribution in [0.2, 0.25) is 0 Å². The summed E-state index contributed by atoms with van der Waals surface area (Å²) in [5.41, 5.74) is 1.57. The summed E-state index contributed by atoms with van der Waals surface area (Å²) < 4.78 is 32.5. The van der Waals surface area contributed by atoms with E-state index in [4.69, 9.17) is 0 Å². The van der Waals surface area contributed by atoms with Gasteiger partial charge in [-0.1, -0.05) is 0 Å². The van der Waals surface area contributed by atoms with Crippen LogP contribution in [0.25, 0.3) is 22.3 Å². The number of aromatic nitrogens is 5. The number of carbonyl (C=O) groups excluding carboxylic acids is 1. The maximum Gasteiger partial charge on any atom is 0.183 e. The number of aldehydes is 1. The molecule has 198 valence electrons. The van der Waals surface area contributed by atoms with Gasteiger partial charge in [0.1, 0.15) is 11.5 Å². The smallest absolute Gasteiger partial charge is 0.183 e. The van der Waals surface area contributed by atoms with Crippen molar-refractivity contribution in [3.63, 3.8) is 0 Å². The quantitative estimate of drug-likeness (QED) is 0.215. The molecule has 5 rings (SSSR count). The number of hydrogen-bond donors (Lipinski definition) is 2. The van der Waals surface area contributed by atoms with E-state index in [2.05, 4.69) is 46.8 Å². The monoisotopic (exact) mass is 650 g/mol. The van der Waals surface area contributed by atoms with Crippen molar-refractivity contribution in [3.8, 4) is 17.5 Å². The summed E-state index contributed by atoms with van der Waals surface area (Å²) in [4.78, 5) is 22.2. The van der Waals surface area contributed by atoms with Gasteiger partial charge in [-0.05, 0) is 44.9 Å². The summed E-state index contributed by atoms with van der Waals surface area (Å²) in [6.45, 7) is 0. The van der Waals surface area contributed by atoms with E-state index in [1.807, 2.05) is 20.2 Å². The highest BCUT2D eigenvalue weighted by Crippen LogP contribution is 2.36. The van der Waals surface area contributed by atoms with Crippen LogP contribution >= 0.6 is 30.3 Å². The highest BCUT2D eigenvalue weighted by atomic mass is 127. The molecule has 38 heavy (non-hydrogen) atoms. The number of rotatable bonds is 6. The molecule has 3 heterocycles. The van der Waals surface area contributed by atoms with Crippen molar-refractivity contribution in [3.05, 3.63) is 59.9 Å². The van der Waals surface area contributed by atoms with E-state index in [0.717, 1.165) is 38.2 Å². The lowest BCUT2D eigenvalue weighted by Crippen LogP contribution is -2.37. The molecule has 1 aliphatic rings. The summed E-state index contributed by atoms with van der Waals surface area (Å²) in [6, 6.07) is 5.29. The Hall–Kier alpha value is -3.09. The van der Waals surface area contributed by atoms with Crippen LogP contribution in [-0.4, -0.2) is 48.9 Å². The average molecular weight is 650 g/mol. The molecule has 1 aromatic carbocycles. The topological polar surface area (TPSA) is 113 Å². The molecule has 1 aliphatic carbocycles. The summed E-state index contributed by atoms with van der Waals surface area (Å²) in [5.74, 6) is -0.605. The molecule has 2 N–H and O–H groups in total. The Morgan fingerprint density at radius 3 is 2.63 bits per heavy atom. The molecule has 0 amide bonds. The van der Waals surface area contributed by atoms with Gasteiger partial charge >= 0.3 is 0 Å². The third-order valence-corrected chi connectivity index (χ3v) is 7.99. The number of halogens is 3. The predicted molar refractivity (Wildman–Crippen MR) is 152 cm³/mol. The average Bonchev–Trinajstić information content (AvgIpc) is 3.53. The second-order valence-corrected chi connectivity index (χ2v) is 10.6. The molecule has 9 nitrogen and oxygen atoms in total. The molecule has 2 unspecified atom stereocenters. The normalized spacial score (nSPS) is 16.9. The zero-order valence-electron chi connectivity index (χ0n) is 20.7. The van der Waals surface area contributed by atoms with Gasteiger partial charge < -0.3 is 15.2 Å². The Bertz CT molecular complexity index is 1480. The first-order valence-corrected chi connectivity index (χ1v) is 15.1. The van der Waals surface area contributed by atoms with Crippen LogP contribution in [-0.2, 0) is 7.05 Å². The standard InChI is InChI=1S/C20H19F2IN6S.C5H6N2O/c1-25-12-3-2-4-13(7-12)27-20-17(22)9-26-19(28-20)15-10-29(30-23)18-14(15)5-11(8-24)6-16(18)21;1-7-2-5(3-8)6-4-7/h5-6,9-10,12-13,25H,2-4,7H2,1H3,(H,26,27,28);2-4H,1H3. The van der Waals surface area contributed by atoms with Crippen molar-refractivity contribution in [1.29, 1.82) is 5.26 Å². The summed E-state index contributed by atoms with van der Waals surface area (Å²) in [7, 11) is 5.05. The van der Waals surface area contributed by atoms with E-state index in [9.17, 15) is 18.8 Å². The molecule has 0 saturated heterocycles. The van der Waals surface area contributed by atoms with Gasteiger partial charge in [0.15, 0.2) is 23.7 Å². The fourth-order valence-electron chi connectivity index (χ4n) is 4.45. The van der Waals surface area contributed by atoms with Crippen molar-refractivity contribution in [1.82, 2.24) is 28.8 Å². The number of imidazole rings is 1. The van der Waals surface area contributed by atoms with Crippen molar-refractivity contribution in [2.24, 2.45) is 7.05 Å². The van der Waals surface area contributed by atoms with E-state index in [1.165, 1.54) is 15.2 Å². The number of carbonyl (C=O) groups is 1. The second-order valence-electron chi connectivity index (χ2n) is 8.87. The number of nitrogens with zero attached hydrogens (tertiary/aromatic N) is 6. The SMILES string of the molecule is CNC1CCCC(Nc2nc(-c3cn(SI)c4c(F)cc(C#N)cc34)ncc2F)C1.Cn1cnc(C=O)c1. The van der Waals surface area contributed by atoms with Crippen LogP contribution in [0.3, 0.4) is 0 Å². The Labute approximate surface area is 234 Å². The molecular formula is C25H25F2IN8OS. The lowest BCUT2D eigenvalue weighted by molar-refractivity contribution is 0.111. The van der Waals surface area contributed by atoms with Gasteiger partial charge in [0.25, 0.3) is 0 Å². The van der Waals surface area contributed by atoms with E-state index in [1.54, 1.807) is 33.3 Å². The Kier molecular flexibility index (Phi) is 9.29. The minimum absolute atomic E-state index is 0.113. The van der Waals surface area contributed by atoms with Crippen LogP contribution in [0.4, 0.5) is 14.6 Å². The van der Waals surface area contributed by atoms with Gasteiger partial charge in [-0.25, -0.2) is 23.7 Å². The Balaban J connectivity index is 0.000000360. The molecular weight excluding hydrogens is 625 g/mol. The van der Waals surface area contributed by atoms with Crippen molar-refractivity contribution in [2.75, 3.05) is 12.4 Å². The number of nitrogens with one attached hydrogen (secondary N) is 2. The Morgan fingerprint density at radius 1 is 1.21 bits per heavy atom. The molecule has 0 aliphatic heterocycles.